The fraction of sp³-hybridized carbons (Fsp3) is 0.889. The second-order valence-corrected chi connectivity index (χ2v) is 4.03. The first kappa shape index (κ1) is 10.5. The molecule has 0 bridgehead atoms. The third kappa shape index (κ3) is 2.97. The van der Waals surface area contributed by atoms with Crippen molar-refractivity contribution in [1.82, 2.24) is 0 Å². The Labute approximate surface area is 78.1 Å². The first-order valence-electron chi connectivity index (χ1n) is 4.60. The van der Waals surface area contributed by atoms with E-state index < -0.39 is 11.4 Å². The first-order valence-corrected chi connectivity index (χ1v) is 4.60. The molecule has 0 radical (unpaired) electrons. The summed E-state index contributed by atoms with van der Waals surface area (Å²) in [4.78, 5) is 10.8. The Bertz CT molecular complexity index is 191. The number of rotatable bonds is 6. The van der Waals surface area contributed by atoms with Gasteiger partial charge in [-0.05, 0) is 25.7 Å². The van der Waals surface area contributed by atoms with Crippen LogP contribution in [0.4, 0.5) is 0 Å². The fourth-order valence-corrected chi connectivity index (χ4v) is 0.943. The van der Waals surface area contributed by atoms with Crippen LogP contribution in [0.25, 0.3) is 0 Å². The second kappa shape index (κ2) is 4.07. The van der Waals surface area contributed by atoms with Crippen LogP contribution >= 0.6 is 0 Å². The van der Waals surface area contributed by atoms with Crippen molar-refractivity contribution >= 4 is 5.97 Å². The van der Waals surface area contributed by atoms with Crippen molar-refractivity contribution in [3.63, 3.8) is 0 Å². The van der Waals surface area contributed by atoms with E-state index in [9.17, 15) is 4.79 Å². The Morgan fingerprint density at radius 1 is 1.69 bits per heavy atom. The standard InChI is InChI=1S/C9H17NO3/c1-9(5-10,8(11)12)6-13-4-7-2-3-7/h7H,2-6,10H2,1H3,(H,11,12). The average molecular weight is 187 g/mol. The van der Waals surface area contributed by atoms with Gasteiger partial charge in [0.25, 0.3) is 0 Å². The maximum atomic E-state index is 10.8. The minimum atomic E-state index is -0.922. The van der Waals surface area contributed by atoms with Crippen LogP contribution in [0, 0.1) is 11.3 Å². The highest BCUT2D eigenvalue weighted by atomic mass is 16.5. The molecule has 0 aromatic heterocycles. The fourth-order valence-electron chi connectivity index (χ4n) is 0.943. The summed E-state index contributed by atoms with van der Waals surface area (Å²) in [5.41, 5.74) is 4.46. The Kier molecular flexibility index (Phi) is 3.27. The van der Waals surface area contributed by atoms with Gasteiger partial charge < -0.3 is 15.6 Å². The molecule has 0 heterocycles. The van der Waals surface area contributed by atoms with E-state index >= 15 is 0 Å². The molecule has 1 rings (SSSR count). The molecule has 4 nitrogen and oxygen atoms in total. The second-order valence-electron chi connectivity index (χ2n) is 4.03. The van der Waals surface area contributed by atoms with E-state index in [1.807, 2.05) is 0 Å². The van der Waals surface area contributed by atoms with Crippen LogP contribution in [0.1, 0.15) is 19.8 Å². The van der Waals surface area contributed by atoms with Crippen molar-refractivity contribution in [3.05, 3.63) is 0 Å². The summed E-state index contributed by atoms with van der Waals surface area (Å²) in [6, 6.07) is 0. The van der Waals surface area contributed by atoms with Crippen LogP contribution < -0.4 is 5.73 Å². The van der Waals surface area contributed by atoms with E-state index in [1.165, 1.54) is 12.8 Å². The Morgan fingerprint density at radius 3 is 2.69 bits per heavy atom. The molecule has 0 saturated heterocycles. The van der Waals surface area contributed by atoms with Crippen LogP contribution in [0.2, 0.25) is 0 Å². The smallest absolute Gasteiger partial charge is 0.313 e. The van der Waals surface area contributed by atoms with Gasteiger partial charge in [0.2, 0.25) is 0 Å². The van der Waals surface area contributed by atoms with Crippen molar-refractivity contribution in [3.8, 4) is 0 Å². The molecule has 1 fully saturated rings. The highest BCUT2D eigenvalue weighted by Crippen LogP contribution is 2.29. The summed E-state index contributed by atoms with van der Waals surface area (Å²) in [7, 11) is 0. The number of carboxylic acid groups (broad SMARTS) is 1. The van der Waals surface area contributed by atoms with Gasteiger partial charge in [0, 0.05) is 13.2 Å². The van der Waals surface area contributed by atoms with Gasteiger partial charge in [-0.1, -0.05) is 0 Å². The molecule has 13 heavy (non-hydrogen) atoms. The van der Waals surface area contributed by atoms with Gasteiger partial charge in [-0.25, -0.2) is 0 Å². The predicted molar refractivity (Wildman–Crippen MR) is 48.3 cm³/mol. The molecule has 1 saturated carbocycles. The highest BCUT2D eigenvalue weighted by Gasteiger charge is 2.32. The van der Waals surface area contributed by atoms with Crippen LogP contribution in [0.5, 0.6) is 0 Å². The normalized spacial score (nSPS) is 21.1. The van der Waals surface area contributed by atoms with Crippen LogP contribution in [0.15, 0.2) is 0 Å². The summed E-state index contributed by atoms with van der Waals surface area (Å²) in [5.74, 6) is -0.221. The van der Waals surface area contributed by atoms with Crippen molar-refractivity contribution in [1.29, 1.82) is 0 Å². The maximum Gasteiger partial charge on any atom is 0.313 e. The maximum absolute atomic E-state index is 10.8. The SMILES string of the molecule is CC(CN)(COCC1CC1)C(=O)O. The van der Waals surface area contributed by atoms with Gasteiger partial charge in [0.1, 0.15) is 5.41 Å². The van der Waals surface area contributed by atoms with Gasteiger partial charge in [-0.3, -0.25) is 4.79 Å². The Morgan fingerprint density at radius 2 is 2.31 bits per heavy atom. The summed E-state index contributed by atoms with van der Waals surface area (Å²) < 4.78 is 5.31. The minimum Gasteiger partial charge on any atom is -0.481 e. The number of carbonyl (C=O) groups is 1. The zero-order valence-corrected chi connectivity index (χ0v) is 7.95. The number of carboxylic acids is 1. The lowest BCUT2D eigenvalue weighted by Gasteiger charge is -2.22. The lowest BCUT2D eigenvalue weighted by atomic mass is 9.92. The molecule has 0 aliphatic heterocycles. The Hall–Kier alpha value is -0.610. The number of hydrogen-bond acceptors (Lipinski definition) is 3. The van der Waals surface area contributed by atoms with Crippen LogP contribution in [-0.4, -0.2) is 30.8 Å². The van der Waals surface area contributed by atoms with E-state index in [2.05, 4.69) is 0 Å². The molecule has 76 valence electrons. The zero-order valence-electron chi connectivity index (χ0n) is 7.95. The Balaban J connectivity index is 2.24. The summed E-state index contributed by atoms with van der Waals surface area (Å²) >= 11 is 0. The molecule has 1 unspecified atom stereocenters. The molecule has 3 N–H and O–H groups in total. The first-order chi connectivity index (χ1) is 6.08. The number of hydrogen-bond donors (Lipinski definition) is 2. The molecular weight excluding hydrogens is 170 g/mol. The number of nitrogens with two attached hydrogens (primary N) is 1. The monoisotopic (exact) mass is 187 g/mol. The molecular formula is C9H17NO3. The van der Waals surface area contributed by atoms with Crippen molar-refractivity contribution in [2.75, 3.05) is 19.8 Å². The molecule has 4 heteroatoms. The van der Waals surface area contributed by atoms with E-state index in [0.717, 1.165) is 0 Å². The van der Waals surface area contributed by atoms with Gasteiger partial charge >= 0.3 is 5.97 Å². The van der Waals surface area contributed by atoms with Gasteiger partial charge in [-0.15, -0.1) is 0 Å². The van der Waals surface area contributed by atoms with E-state index in [1.54, 1.807) is 6.92 Å². The molecule has 0 spiro atoms. The van der Waals surface area contributed by atoms with E-state index in [4.69, 9.17) is 15.6 Å². The third-order valence-corrected chi connectivity index (χ3v) is 2.44. The van der Waals surface area contributed by atoms with E-state index in [-0.39, 0.29) is 13.2 Å². The quantitative estimate of drug-likeness (QED) is 0.633. The lowest BCUT2D eigenvalue weighted by molar-refractivity contribution is -0.151. The van der Waals surface area contributed by atoms with Crippen LogP contribution in [0.3, 0.4) is 0 Å². The topological polar surface area (TPSA) is 72.5 Å². The summed E-state index contributed by atoms with van der Waals surface area (Å²) in [5, 5.41) is 8.85. The van der Waals surface area contributed by atoms with Crippen molar-refractivity contribution in [2.24, 2.45) is 17.1 Å². The van der Waals surface area contributed by atoms with Gasteiger partial charge in [-0.2, -0.15) is 0 Å². The number of aliphatic carboxylic acids is 1. The van der Waals surface area contributed by atoms with Crippen molar-refractivity contribution < 1.29 is 14.6 Å². The molecule has 1 aliphatic carbocycles. The largest absolute Gasteiger partial charge is 0.481 e. The average Bonchev–Trinajstić information content (AvgIpc) is 2.87. The summed E-state index contributed by atoms with van der Waals surface area (Å²) in [6.45, 7) is 2.63. The van der Waals surface area contributed by atoms with Gasteiger partial charge in [0.15, 0.2) is 0 Å². The predicted octanol–water partition coefficient (Wildman–Crippen LogP) is 0.463. The number of ether oxygens (including phenoxy) is 1. The molecule has 0 aromatic rings. The molecule has 0 amide bonds. The molecule has 1 atom stereocenters. The van der Waals surface area contributed by atoms with Gasteiger partial charge in [0.05, 0.1) is 6.61 Å². The molecule has 1 aliphatic rings. The highest BCUT2D eigenvalue weighted by molar-refractivity contribution is 5.74. The third-order valence-electron chi connectivity index (χ3n) is 2.44. The zero-order chi connectivity index (χ0) is 9.90. The van der Waals surface area contributed by atoms with Crippen molar-refractivity contribution in [2.45, 2.75) is 19.8 Å². The summed E-state index contributed by atoms with van der Waals surface area (Å²) in [6.07, 6.45) is 2.43. The minimum absolute atomic E-state index is 0.118. The lowest BCUT2D eigenvalue weighted by Crippen LogP contribution is -2.40. The van der Waals surface area contributed by atoms with Crippen LogP contribution in [-0.2, 0) is 9.53 Å². The van der Waals surface area contributed by atoms with E-state index in [0.29, 0.717) is 12.5 Å². The molecule has 0 aromatic carbocycles.